The Bertz CT molecular complexity index is 1030. The summed E-state index contributed by atoms with van der Waals surface area (Å²) in [5.74, 6) is 0.846. The van der Waals surface area contributed by atoms with Crippen LogP contribution in [0.4, 0.5) is 0 Å². The molecule has 0 fully saturated rings. The monoisotopic (exact) mass is 313 g/mol. The normalized spacial score (nSPS) is 10.9. The summed E-state index contributed by atoms with van der Waals surface area (Å²) in [6.45, 7) is 2.01. The van der Waals surface area contributed by atoms with Gasteiger partial charge in [-0.25, -0.2) is 15.0 Å². The summed E-state index contributed by atoms with van der Waals surface area (Å²) < 4.78 is 0. The number of hydrogen-bond donors (Lipinski definition) is 1. The molecule has 0 aliphatic heterocycles. The molecule has 0 bridgehead atoms. The number of phenolic OH excluding ortho intramolecular Hbond substituents is 1. The molecular formula is C20H15N3O. The maximum Gasteiger partial charge on any atom is 0.178 e. The number of phenols is 1. The number of nitrogens with zero attached hydrogens (tertiary/aromatic N) is 3. The third-order valence-corrected chi connectivity index (χ3v) is 3.96. The van der Waals surface area contributed by atoms with E-state index in [0.29, 0.717) is 5.82 Å². The van der Waals surface area contributed by atoms with Crippen LogP contribution >= 0.6 is 0 Å². The van der Waals surface area contributed by atoms with E-state index in [9.17, 15) is 5.11 Å². The highest BCUT2D eigenvalue weighted by atomic mass is 16.3. The van der Waals surface area contributed by atoms with Crippen molar-refractivity contribution in [3.8, 4) is 28.5 Å². The first-order valence-corrected chi connectivity index (χ1v) is 7.70. The lowest BCUT2D eigenvalue weighted by atomic mass is 10.1. The average Bonchev–Trinajstić information content (AvgIpc) is 2.62. The van der Waals surface area contributed by atoms with Gasteiger partial charge in [0.2, 0.25) is 0 Å². The fraction of sp³-hybridized carbons (Fsp3) is 0.0500. The average molecular weight is 313 g/mol. The predicted molar refractivity (Wildman–Crippen MR) is 94.6 cm³/mol. The van der Waals surface area contributed by atoms with Crippen molar-refractivity contribution < 1.29 is 5.11 Å². The molecule has 2 aromatic heterocycles. The van der Waals surface area contributed by atoms with Crippen molar-refractivity contribution in [2.45, 2.75) is 6.92 Å². The van der Waals surface area contributed by atoms with Crippen molar-refractivity contribution in [2.24, 2.45) is 0 Å². The summed E-state index contributed by atoms with van der Waals surface area (Å²) in [4.78, 5) is 13.8. The second kappa shape index (κ2) is 5.74. The van der Waals surface area contributed by atoms with E-state index in [2.05, 4.69) is 9.97 Å². The van der Waals surface area contributed by atoms with Crippen molar-refractivity contribution in [1.82, 2.24) is 15.0 Å². The van der Waals surface area contributed by atoms with Crippen molar-refractivity contribution in [3.05, 3.63) is 72.4 Å². The maximum atomic E-state index is 9.47. The molecule has 2 aromatic carbocycles. The van der Waals surface area contributed by atoms with Crippen LogP contribution in [0, 0.1) is 6.92 Å². The van der Waals surface area contributed by atoms with Gasteiger partial charge < -0.3 is 5.11 Å². The van der Waals surface area contributed by atoms with Crippen molar-refractivity contribution in [2.75, 3.05) is 0 Å². The van der Waals surface area contributed by atoms with Crippen LogP contribution in [0.25, 0.3) is 33.7 Å². The molecular weight excluding hydrogens is 298 g/mol. The van der Waals surface area contributed by atoms with Crippen LogP contribution in [0.15, 0.2) is 66.9 Å². The summed E-state index contributed by atoms with van der Waals surface area (Å²) in [7, 11) is 0. The Morgan fingerprint density at radius 1 is 0.833 bits per heavy atom. The summed E-state index contributed by atoms with van der Waals surface area (Å²) in [5, 5.41) is 10.5. The van der Waals surface area contributed by atoms with E-state index in [-0.39, 0.29) is 5.75 Å². The number of aryl methyl sites for hydroxylation is 1. The second-order valence-corrected chi connectivity index (χ2v) is 5.66. The highest BCUT2D eigenvalue weighted by molar-refractivity contribution is 5.79. The number of aromatic nitrogens is 3. The van der Waals surface area contributed by atoms with E-state index in [0.717, 1.165) is 33.4 Å². The van der Waals surface area contributed by atoms with Crippen LogP contribution in [0.5, 0.6) is 5.75 Å². The van der Waals surface area contributed by atoms with Gasteiger partial charge in [0.1, 0.15) is 11.4 Å². The lowest BCUT2D eigenvalue weighted by molar-refractivity contribution is 0.475. The Morgan fingerprint density at radius 3 is 2.46 bits per heavy atom. The molecule has 4 heteroatoms. The molecule has 24 heavy (non-hydrogen) atoms. The van der Waals surface area contributed by atoms with E-state index >= 15 is 0 Å². The molecule has 4 nitrogen and oxygen atoms in total. The molecule has 0 aliphatic carbocycles. The number of fused-ring (bicyclic) bond motifs is 1. The van der Waals surface area contributed by atoms with Crippen LogP contribution in [-0.2, 0) is 0 Å². The molecule has 0 saturated heterocycles. The number of hydrogen-bond acceptors (Lipinski definition) is 4. The molecule has 1 N–H and O–H groups in total. The van der Waals surface area contributed by atoms with Crippen LogP contribution in [0.2, 0.25) is 0 Å². The standard InChI is InChI=1S/C20H15N3O/c1-13-6-11-18(22-19(13)14-7-9-16(24)10-8-14)20-21-12-15-4-2-3-5-17(15)23-20/h2-12,24H,1H3. The molecule has 2 heterocycles. The molecule has 0 atom stereocenters. The minimum atomic E-state index is 0.241. The summed E-state index contributed by atoms with van der Waals surface area (Å²) in [6.07, 6.45) is 1.82. The summed E-state index contributed by atoms with van der Waals surface area (Å²) in [5.41, 5.74) is 4.51. The van der Waals surface area contributed by atoms with Crippen molar-refractivity contribution >= 4 is 10.9 Å². The van der Waals surface area contributed by atoms with Crippen LogP contribution in [0.3, 0.4) is 0 Å². The summed E-state index contributed by atoms with van der Waals surface area (Å²) >= 11 is 0. The molecule has 0 spiro atoms. The fourth-order valence-electron chi connectivity index (χ4n) is 2.66. The zero-order valence-corrected chi connectivity index (χ0v) is 13.1. The molecule has 4 aromatic rings. The third kappa shape index (κ3) is 2.58. The molecule has 116 valence electrons. The van der Waals surface area contributed by atoms with E-state index in [4.69, 9.17) is 4.98 Å². The summed E-state index contributed by atoms with van der Waals surface area (Å²) in [6, 6.07) is 18.9. The second-order valence-electron chi connectivity index (χ2n) is 5.66. The van der Waals surface area contributed by atoms with E-state index < -0.39 is 0 Å². The van der Waals surface area contributed by atoms with E-state index in [1.165, 1.54) is 0 Å². The SMILES string of the molecule is Cc1ccc(-c2ncc3ccccc3n2)nc1-c1ccc(O)cc1. The highest BCUT2D eigenvalue weighted by Gasteiger charge is 2.09. The minimum Gasteiger partial charge on any atom is -0.508 e. The first-order valence-electron chi connectivity index (χ1n) is 7.70. The predicted octanol–water partition coefficient (Wildman–Crippen LogP) is 4.37. The van der Waals surface area contributed by atoms with E-state index in [1.807, 2.05) is 61.7 Å². The largest absolute Gasteiger partial charge is 0.508 e. The first-order chi connectivity index (χ1) is 11.7. The quantitative estimate of drug-likeness (QED) is 0.597. The number of benzene rings is 2. The Balaban J connectivity index is 1.83. The number of rotatable bonds is 2. The molecule has 0 unspecified atom stereocenters. The van der Waals surface area contributed by atoms with Crippen molar-refractivity contribution in [3.63, 3.8) is 0 Å². The van der Waals surface area contributed by atoms with Crippen LogP contribution < -0.4 is 0 Å². The van der Waals surface area contributed by atoms with Gasteiger partial charge in [0.15, 0.2) is 5.82 Å². The Labute approximate surface area is 139 Å². The zero-order chi connectivity index (χ0) is 16.5. The van der Waals surface area contributed by atoms with Gasteiger partial charge in [0.05, 0.1) is 11.2 Å². The van der Waals surface area contributed by atoms with Gasteiger partial charge in [-0.15, -0.1) is 0 Å². The maximum absolute atomic E-state index is 9.47. The van der Waals surface area contributed by atoms with Gasteiger partial charge in [0.25, 0.3) is 0 Å². The van der Waals surface area contributed by atoms with Crippen LogP contribution in [-0.4, -0.2) is 20.1 Å². The van der Waals surface area contributed by atoms with Gasteiger partial charge >= 0.3 is 0 Å². The molecule has 0 saturated carbocycles. The Kier molecular flexibility index (Phi) is 3.43. The van der Waals surface area contributed by atoms with Gasteiger partial charge in [-0.05, 0) is 48.9 Å². The highest BCUT2D eigenvalue weighted by Crippen LogP contribution is 2.26. The topological polar surface area (TPSA) is 58.9 Å². The van der Waals surface area contributed by atoms with Gasteiger partial charge in [-0.2, -0.15) is 0 Å². The lowest BCUT2D eigenvalue weighted by Gasteiger charge is -2.08. The van der Waals surface area contributed by atoms with Gasteiger partial charge in [0, 0.05) is 17.1 Å². The number of aromatic hydroxyl groups is 1. The molecule has 0 aliphatic rings. The number of pyridine rings is 1. The van der Waals surface area contributed by atoms with Crippen molar-refractivity contribution in [1.29, 1.82) is 0 Å². The minimum absolute atomic E-state index is 0.241. The third-order valence-electron chi connectivity index (χ3n) is 3.96. The Morgan fingerprint density at radius 2 is 1.62 bits per heavy atom. The molecule has 4 rings (SSSR count). The zero-order valence-electron chi connectivity index (χ0n) is 13.1. The molecule has 0 amide bonds. The van der Waals surface area contributed by atoms with Gasteiger partial charge in [-0.1, -0.05) is 24.3 Å². The smallest absolute Gasteiger partial charge is 0.178 e. The first kappa shape index (κ1) is 14.3. The number of para-hydroxylation sites is 1. The lowest BCUT2D eigenvalue weighted by Crippen LogP contribution is -1.96. The van der Waals surface area contributed by atoms with E-state index in [1.54, 1.807) is 12.1 Å². The Hall–Kier alpha value is -3.27. The van der Waals surface area contributed by atoms with Gasteiger partial charge in [-0.3, -0.25) is 0 Å². The fourth-order valence-corrected chi connectivity index (χ4v) is 2.66. The van der Waals surface area contributed by atoms with Crippen LogP contribution in [0.1, 0.15) is 5.56 Å². The molecule has 0 radical (unpaired) electrons.